The van der Waals surface area contributed by atoms with E-state index in [0.29, 0.717) is 19.7 Å². The van der Waals surface area contributed by atoms with Gasteiger partial charge in [-0.05, 0) is 17.9 Å². The molecule has 1 aromatic rings. The van der Waals surface area contributed by atoms with E-state index in [4.69, 9.17) is 4.74 Å². The van der Waals surface area contributed by atoms with Crippen LogP contribution < -0.4 is 5.32 Å². The smallest absolute Gasteiger partial charge is 0.255 e. The fraction of sp³-hybridized carbons (Fsp3) is 0.500. The second kappa shape index (κ2) is 5.49. The Morgan fingerprint density at radius 3 is 2.89 bits per heavy atom. The summed E-state index contributed by atoms with van der Waals surface area (Å²) in [6, 6.07) is 0. The van der Waals surface area contributed by atoms with Crippen LogP contribution in [-0.4, -0.2) is 49.6 Å². The molecule has 1 atom stereocenters. The first-order valence-corrected chi connectivity index (χ1v) is 6.73. The number of carbonyl (C=O) groups is 2. The lowest BCUT2D eigenvalue weighted by Crippen LogP contribution is -2.51. The van der Waals surface area contributed by atoms with Gasteiger partial charge >= 0.3 is 0 Å². The van der Waals surface area contributed by atoms with E-state index in [1.54, 1.807) is 11.9 Å². The molecule has 1 aliphatic heterocycles. The highest BCUT2D eigenvalue weighted by Crippen LogP contribution is 2.17. The fourth-order valence-electron chi connectivity index (χ4n) is 1.90. The summed E-state index contributed by atoms with van der Waals surface area (Å²) in [6.45, 7) is 3.16. The zero-order chi connectivity index (χ0) is 13.1. The predicted octanol–water partition coefficient (Wildman–Crippen LogP) is 0.644. The average Bonchev–Trinajstić information content (AvgIpc) is 2.83. The molecule has 0 radical (unpaired) electrons. The van der Waals surface area contributed by atoms with Gasteiger partial charge in [0.15, 0.2) is 6.10 Å². The van der Waals surface area contributed by atoms with Crippen molar-refractivity contribution < 1.29 is 14.3 Å². The van der Waals surface area contributed by atoms with Crippen LogP contribution in [0.4, 0.5) is 0 Å². The maximum atomic E-state index is 12.3. The summed E-state index contributed by atoms with van der Waals surface area (Å²) in [4.78, 5) is 25.5. The number of hydrogen-bond donors (Lipinski definition) is 1. The van der Waals surface area contributed by atoms with E-state index in [1.165, 1.54) is 11.3 Å². The van der Waals surface area contributed by atoms with Crippen LogP contribution in [0.1, 0.15) is 15.9 Å². The van der Waals surface area contributed by atoms with Crippen molar-refractivity contribution in [1.82, 2.24) is 10.2 Å². The minimum Gasteiger partial charge on any atom is -0.365 e. The summed E-state index contributed by atoms with van der Waals surface area (Å²) < 4.78 is 5.36. The van der Waals surface area contributed by atoms with Gasteiger partial charge in [-0.3, -0.25) is 9.59 Å². The average molecular weight is 268 g/mol. The first-order valence-electron chi connectivity index (χ1n) is 5.78. The Kier molecular flexibility index (Phi) is 3.98. The van der Waals surface area contributed by atoms with Crippen molar-refractivity contribution in [3.05, 3.63) is 21.9 Å². The molecule has 0 aromatic carbocycles. The number of rotatable bonds is 2. The van der Waals surface area contributed by atoms with Crippen molar-refractivity contribution in [1.29, 1.82) is 0 Å². The SMILES string of the molecule is CNC(=O)[C@@H]1CN(C(=O)c2cscc2C)CCO1. The third kappa shape index (κ3) is 2.54. The molecule has 2 amide bonds. The van der Waals surface area contributed by atoms with Gasteiger partial charge < -0.3 is 15.0 Å². The molecule has 1 N–H and O–H groups in total. The number of morpholine rings is 1. The van der Waals surface area contributed by atoms with Crippen molar-refractivity contribution in [2.45, 2.75) is 13.0 Å². The van der Waals surface area contributed by atoms with Crippen LogP contribution in [0.2, 0.25) is 0 Å². The van der Waals surface area contributed by atoms with Gasteiger partial charge in [0, 0.05) is 19.0 Å². The van der Waals surface area contributed by atoms with Gasteiger partial charge in [0.25, 0.3) is 11.8 Å². The van der Waals surface area contributed by atoms with E-state index >= 15 is 0 Å². The van der Waals surface area contributed by atoms with E-state index in [1.807, 2.05) is 17.7 Å². The van der Waals surface area contributed by atoms with Crippen molar-refractivity contribution >= 4 is 23.2 Å². The summed E-state index contributed by atoms with van der Waals surface area (Å²) >= 11 is 1.51. The van der Waals surface area contributed by atoms with Crippen LogP contribution in [-0.2, 0) is 9.53 Å². The molecule has 0 spiro atoms. The highest BCUT2D eigenvalue weighted by molar-refractivity contribution is 7.08. The number of carbonyl (C=O) groups excluding carboxylic acids is 2. The summed E-state index contributed by atoms with van der Waals surface area (Å²) in [6.07, 6.45) is -0.563. The van der Waals surface area contributed by atoms with Crippen molar-refractivity contribution in [2.24, 2.45) is 0 Å². The van der Waals surface area contributed by atoms with Gasteiger partial charge in [0.1, 0.15) is 0 Å². The third-order valence-electron chi connectivity index (χ3n) is 2.98. The maximum absolute atomic E-state index is 12.3. The van der Waals surface area contributed by atoms with Crippen LogP contribution in [0.5, 0.6) is 0 Å². The van der Waals surface area contributed by atoms with Crippen LogP contribution >= 0.6 is 11.3 Å². The molecule has 98 valence electrons. The van der Waals surface area contributed by atoms with E-state index in [2.05, 4.69) is 5.32 Å². The van der Waals surface area contributed by atoms with Crippen molar-refractivity contribution in [3.8, 4) is 0 Å². The molecule has 0 unspecified atom stereocenters. The molecule has 5 nitrogen and oxygen atoms in total. The lowest BCUT2D eigenvalue weighted by atomic mass is 10.1. The Balaban J connectivity index is 2.07. The first kappa shape index (κ1) is 13.0. The van der Waals surface area contributed by atoms with E-state index in [-0.39, 0.29) is 11.8 Å². The number of nitrogens with zero attached hydrogens (tertiary/aromatic N) is 1. The largest absolute Gasteiger partial charge is 0.365 e. The molecule has 0 aliphatic carbocycles. The molecule has 6 heteroatoms. The Labute approximate surface area is 110 Å². The van der Waals surface area contributed by atoms with Gasteiger partial charge in [0.2, 0.25) is 0 Å². The number of nitrogens with one attached hydrogen (secondary N) is 1. The second-order valence-electron chi connectivity index (χ2n) is 4.19. The Morgan fingerprint density at radius 2 is 2.28 bits per heavy atom. The molecular formula is C12H16N2O3S. The zero-order valence-electron chi connectivity index (χ0n) is 10.4. The minimum absolute atomic E-state index is 0.0223. The van der Waals surface area contributed by atoms with Crippen molar-refractivity contribution in [2.75, 3.05) is 26.7 Å². The van der Waals surface area contributed by atoms with Crippen LogP contribution in [0.3, 0.4) is 0 Å². The lowest BCUT2D eigenvalue weighted by molar-refractivity contribution is -0.136. The first-order chi connectivity index (χ1) is 8.63. The lowest BCUT2D eigenvalue weighted by Gasteiger charge is -2.32. The van der Waals surface area contributed by atoms with Gasteiger partial charge in [-0.1, -0.05) is 0 Å². The molecule has 1 aliphatic rings. The quantitative estimate of drug-likeness (QED) is 0.856. The molecular weight excluding hydrogens is 252 g/mol. The van der Waals surface area contributed by atoms with Crippen LogP contribution in [0.15, 0.2) is 10.8 Å². The van der Waals surface area contributed by atoms with Crippen molar-refractivity contribution in [3.63, 3.8) is 0 Å². The standard InChI is InChI=1S/C12H16N2O3S/c1-8-6-18-7-9(8)12(16)14-3-4-17-10(5-14)11(15)13-2/h6-7,10H,3-5H2,1-2H3,(H,13,15)/t10-/m0/s1. The molecule has 0 bridgehead atoms. The molecule has 2 rings (SSSR count). The van der Waals surface area contributed by atoms with Gasteiger partial charge in [0.05, 0.1) is 18.7 Å². The highest BCUT2D eigenvalue weighted by Gasteiger charge is 2.29. The molecule has 1 fully saturated rings. The number of thiophene rings is 1. The molecule has 1 aromatic heterocycles. The van der Waals surface area contributed by atoms with Gasteiger partial charge in [-0.2, -0.15) is 11.3 Å². The normalized spacial score (nSPS) is 19.7. The highest BCUT2D eigenvalue weighted by atomic mass is 32.1. The Hall–Kier alpha value is -1.40. The second-order valence-corrected chi connectivity index (χ2v) is 4.94. The third-order valence-corrected chi connectivity index (χ3v) is 3.84. The van der Waals surface area contributed by atoms with Crippen LogP contribution in [0.25, 0.3) is 0 Å². The number of likely N-dealkylation sites (N-methyl/N-ethyl adjacent to an activating group) is 1. The number of aryl methyl sites for hydroxylation is 1. The zero-order valence-corrected chi connectivity index (χ0v) is 11.3. The number of hydrogen-bond acceptors (Lipinski definition) is 4. The Bertz CT molecular complexity index is 458. The van der Waals surface area contributed by atoms with E-state index in [0.717, 1.165) is 11.1 Å². The van der Waals surface area contributed by atoms with Gasteiger partial charge in [-0.25, -0.2) is 0 Å². The maximum Gasteiger partial charge on any atom is 0.255 e. The number of ether oxygens (including phenoxy) is 1. The van der Waals surface area contributed by atoms with E-state index < -0.39 is 6.10 Å². The van der Waals surface area contributed by atoms with Crippen LogP contribution in [0, 0.1) is 6.92 Å². The topological polar surface area (TPSA) is 58.6 Å². The predicted molar refractivity (Wildman–Crippen MR) is 68.8 cm³/mol. The summed E-state index contributed by atoms with van der Waals surface area (Å²) in [5, 5.41) is 6.34. The molecule has 18 heavy (non-hydrogen) atoms. The number of amides is 2. The summed E-state index contributed by atoms with van der Waals surface area (Å²) in [7, 11) is 1.56. The fourth-order valence-corrected chi connectivity index (χ4v) is 2.73. The molecule has 0 saturated carbocycles. The minimum atomic E-state index is -0.563. The molecule has 2 heterocycles. The van der Waals surface area contributed by atoms with E-state index in [9.17, 15) is 9.59 Å². The molecule has 1 saturated heterocycles. The monoisotopic (exact) mass is 268 g/mol. The summed E-state index contributed by atoms with van der Waals surface area (Å²) in [5.41, 5.74) is 1.70. The Morgan fingerprint density at radius 1 is 1.50 bits per heavy atom. The summed E-state index contributed by atoms with van der Waals surface area (Å²) in [5.74, 6) is -0.208. The van der Waals surface area contributed by atoms with Gasteiger partial charge in [-0.15, -0.1) is 0 Å².